The van der Waals surface area contributed by atoms with Gasteiger partial charge >= 0.3 is 0 Å². The highest BCUT2D eigenvalue weighted by Gasteiger charge is 2.14. The number of rotatable bonds is 2. The second-order valence-electron chi connectivity index (χ2n) is 3.76. The second-order valence-corrected chi connectivity index (χ2v) is 3.76. The van der Waals surface area contributed by atoms with E-state index in [0.29, 0.717) is 0 Å². The van der Waals surface area contributed by atoms with Gasteiger partial charge in [0, 0.05) is 7.05 Å². The van der Waals surface area contributed by atoms with Crippen molar-refractivity contribution in [3.05, 3.63) is 48.1 Å². The van der Waals surface area contributed by atoms with Gasteiger partial charge in [-0.15, -0.1) is 0 Å². The maximum atomic E-state index is 4.39. The summed E-state index contributed by atoms with van der Waals surface area (Å²) in [6.45, 7) is 0. The van der Waals surface area contributed by atoms with Gasteiger partial charge in [-0.25, -0.2) is 0 Å². The average Bonchev–Trinajstić information content (AvgIpc) is 2.61. The summed E-state index contributed by atoms with van der Waals surface area (Å²) in [5.41, 5.74) is 2.29. The number of hydrogen-bond acceptors (Lipinski definition) is 1. The van der Waals surface area contributed by atoms with E-state index in [2.05, 4.69) is 41.1 Å². The van der Waals surface area contributed by atoms with Gasteiger partial charge < -0.3 is 0 Å². The third-order valence-corrected chi connectivity index (χ3v) is 2.66. The van der Waals surface area contributed by atoms with Crippen LogP contribution in [0.4, 0.5) is 0 Å². The van der Waals surface area contributed by atoms with Gasteiger partial charge in [-0.3, -0.25) is 4.99 Å². The standard InChI is InChI=1S/C15H15N/c1-16-15(14-11-7-4-8-12-14)13-9-5-2-3-6-10-13/h2-3,5,7,9,11-13H,4,8H2,1H3. The minimum absolute atomic E-state index is 0.119. The minimum atomic E-state index is 0.119. The quantitative estimate of drug-likeness (QED) is 0.489. The van der Waals surface area contributed by atoms with Crippen molar-refractivity contribution in [1.29, 1.82) is 0 Å². The second kappa shape index (κ2) is 5.32. The Morgan fingerprint density at radius 1 is 1.38 bits per heavy atom. The van der Waals surface area contributed by atoms with Crippen molar-refractivity contribution >= 4 is 5.71 Å². The van der Waals surface area contributed by atoms with E-state index < -0.39 is 0 Å². The van der Waals surface area contributed by atoms with Crippen LogP contribution < -0.4 is 0 Å². The van der Waals surface area contributed by atoms with Crippen LogP contribution in [0.2, 0.25) is 0 Å². The van der Waals surface area contributed by atoms with Gasteiger partial charge in [-0.1, -0.05) is 48.3 Å². The molecule has 2 aliphatic rings. The molecular formula is C15H15N. The van der Waals surface area contributed by atoms with Gasteiger partial charge in [0.25, 0.3) is 0 Å². The van der Waals surface area contributed by atoms with E-state index in [0.717, 1.165) is 18.6 Å². The summed E-state index contributed by atoms with van der Waals surface area (Å²) in [4.78, 5) is 4.39. The van der Waals surface area contributed by atoms with E-state index in [-0.39, 0.29) is 5.92 Å². The average molecular weight is 209 g/mol. The summed E-state index contributed by atoms with van der Waals surface area (Å²) in [6.07, 6.45) is 16.8. The van der Waals surface area contributed by atoms with Crippen LogP contribution in [-0.2, 0) is 0 Å². The fourth-order valence-electron chi connectivity index (χ4n) is 1.88. The van der Waals surface area contributed by atoms with Gasteiger partial charge in [0.1, 0.15) is 0 Å². The number of allylic oxidation sites excluding steroid dienone is 8. The highest BCUT2D eigenvalue weighted by molar-refractivity contribution is 6.06. The van der Waals surface area contributed by atoms with Crippen LogP contribution in [-0.4, -0.2) is 12.8 Å². The summed E-state index contributed by atoms with van der Waals surface area (Å²) in [5, 5.41) is 0. The topological polar surface area (TPSA) is 12.4 Å². The fraction of sp³-hybridized carbons (Fsp3) is 0.267. The molecule has 1 unspecified atom stereocenters. The smallest absolute Gasteiger partial charge is 0.0813 e. The van der Waals surface area contributed by atoms with E-state index in [1.54, 1.807) is 0 Å². The molecule has 2 rings (SSSR count). The van der Waals surface area contributed by atoms with Gasteiger partial charge in [0.2, 0.25) is 0 Å². The predicted octanol–water partition coefficient (Wildman–Crippen LogP) is 3.08. The molecule has 0 aliphatic heterocycles. The van der Waals surface area contributed by atoms with Crippen LogP contribution in [0.5, 0.6) is 0 Å². The molecule has 2 aliphatic carbocycles. The first-order valence-electron chi connectivity index (χ1n) is 5.60. The summed E-state index contributed by atoms with van der Waals surface area (Å²) in [7, 11) is 1.84. The zero-order chi connectivity index (χ0) is 11.2. The highest BCUT2D eigenvalue weighted by Crippen LogP contribution is 2.17. The first kappa shape index (κ1) is 10.7. The fourth-order valence-corrected chi connectivity index (χ4v) is 1.88. The molecule has 0 fully saturated rings. The Kier molecular flexibility index (Phi) is 3.56. The van der Waals surface area contributed by atoms with Crippen molar-refractivity contribution in [3.8, 4) is 11.8 Å². The van der Waals surface area contributed by atoms with Crippen LogP contribution in [0, 0.1) is 17.8 Å². The lowest BCUT2D eigenvalue weighted by atomic mass is 9.93. The Hall–Kier alpha value is -1.81. The van der Waals surface area contributed by atoms with Crippen molar-refractivity contribution in [2.45, 2.75) is 12.8 Å². The van der Waals surface area contributed by atoms with E-state index >= 15 is 0 Å². The lowest BCUT2D eigenvalue weighted by Gasteiger charge is -2.13. The Morgan fingerprint density at radius 3 is 3.06 bits per heavy atom. The Labute approximate surface area is 97.0 Å². The van der Waals surface area contributed by atoms with Gasteiger partial charge in [-0.05, 0) is 24.5 Å². The molecule has 0 bridgehead atoms. The molecule has 1 atom stereocenters. The van der Waals surface area contributed by atoms with E-state index in [1.807, 2.05) is 25.3 Å². The lowest BCUT2D eigenvalue weighted by Crippen LogP contribution is -2.13. The summed E-state index contributed by atoms with van der Waals surface area (Å²) < 4.78 is 0. The maximum absolute atomic E-state index is 4.39. The van der Waals surface area contributed by atoms with Crippen LogP contribution in [0.15, 0.2) is 53.1 Å². The molecule has 0 amide bonds. The van der Waals surface area contributed by atoms with E-state index in [9.17, 15) is 0 Å². The normalized spacial score (nSPS) is 23.4. The van der Waals surface area contributed by atoms with Gasteiger partial charge in [0.15, 0.2) is 0 Å². The third kappa shape index (κ3) is 2.41. The zero-order valence-corrected chi connectivity index (χ0v) is 9.48. The molecule has 1 heteroatoms. The first-order valence-corrected chi connectivity index (χ1v) is 5.60. The number of hydrogen-bond donors (Lipinski definition) is 0. The van der Waals surface area contributed by atoms with Crippen LogP contribution in [0.1, 0.15) is 12.8 Å². The van der Waals surface area contributed by atoms with Crippen molar-refractivity contribution in [3.63, 3.8) is 0 Å². The van der Waals surface area contributed by atoms with Crippen molar-refractivity contribution < 1.29 is 0 Å². The SMILES string of the molecule is CN=C(C1=CCCC=C1)C1C#CC=CC=C1. The first-order chi connectivity index (χ1) is 7.92. The van der Waals surface area contributed by atoms with Crippen molar-refractivity contribution in [1.82, 2.24) is 0 Å². The van der Waals surface area contributed by atoms with Crippen LogP contribution in [0.3, 0.4) is 0 Å². The molecule has 0 aromatic heterocycles. The van der Waals surface area contributed by atoms with Gasteiger partial charge in [0.05, 0.1) is 11.6 Å². The molecule has 0 aromatic rings. The largest absolute Gasteiger partial charge is 0.291 e. The van der Waals surface area contributed by atoms with Crippen molar-refractivity contribution in [2.24, 2.45) is 10.9 Å². The molecule has 0 spiro atoms. The molecule has 0 saturated carbocycles. The molecular weight excluding hydrogens is 194 g/mol. The summed E-state index contributed by atoms with van der Waals surface area (Å²) in [6, 6.07) is 0. The summed E-state index contributed by atoms with van der Waals surface area (Å²) in [5.74, 6) is 6.35. The van der Waals surface area contributed by atoms with Crippen molar-refractivity contribution in [2.75, 3.05) is 7.05 Å². The Bertz CT molecular complexity index is 461. The molecule has 0 radical (unpaired) electrons. The molecule has 0 heterocycles. The number of nitrogens with zero attached hydrogens (tertiary/aromatic N) is 1. The summed E-state index contributed by atoms with van der Waals surface area (Å²) >= 11 is 0. The van der Waals surface area contributed by atoms with Crippen LogP contribution in [0.25, 0.3) is 0 Å². The highest BCUT2D eigenvalue weighted by atomic mass is 14.7. The lowest BCUT2D eigenvalue weighted by molar-refractivity contribution is 1.02. The zero-order valence-electron chi connectivity index (χ0n) is 9.48. The number of aliphatic imine (C=N–C) groups is 1. The molecule has 0 saturated heterocycles. The molecule has 80 valence electrons. The Balaban J connectivity index is 2.26. The Morgan fingerprint density at radius 2 is 2.31 bits per heavy atom. The monoisotopic (exact) mass is 209 g/mol. The van der Waals surface area contributed by atoms with Gasteiger partial charge in [-0.2, -0.15) is 0 Å². The molecule has 16 heavy (non-hydrogen) atoms. The maximum Gasteiger partial charge on any atom is 0.0813 e. The third-order valence-electron chi connectivity index (χ3n) is 2.66. The predicted molar refractivity (Wildman–Crippen MR) is 69.4 cm³/mol. The van der Waals surface area contributed by atoms with E-state index in [4.69, 9.17) is 0 Å². The molecule has 0 N–H and O–H groups in total. The minimum Gasteiger partial charge on any atom is -0.291 e. The molecule has 1 nitrogen and oxygen atoms in total. The van der Waals surface area contributed by atoms with E-state index in [1.165, 1.54) is 5.57 Å². The molecule has 0 aromatic carbocycles. The van der Waals surface area contributed by atoms with Crippen LogP contribution >= 0.6 is 0 Å².